The van der Waals surface area contributed by atoms with E-state index in [2.05, 4.69) is 27.8 Å². The average molecular weight is 292 g/mol. The Bertz CT molecular complexity index is 825. The van der Waals surface area contributed by atoms with Gasteiger partial charge in [0.25, 0.3) is 0 Å². The summed E-state index contributed by atoms with van der Waals surface area (Å²) >= 11 is 0. The fourth-order valence-corrected chi connectivity index (χ4v) is 2.89. The van der Waals surface area contributed by atoms with Gasteiger partial charge in [-0.3, -0.25) is 0 Å². The Morgan fingerprint density at radius 2 is 1.86 bits per heavy atom. The highest BCUT2D eigenvalue weighted by molar-refractivity contribution is 5.69. The number of hydrogen-bond donors (Lipinski definition) is 1. The minimum absolute atomic E-state index is 0.717. The maximum atomic E-state index is 5.46. The van der Waals surface area contributed by atoms with Crippen molar-refractivity contribution in [1.29, 1.82) is 0 Å². The number of para-hydroxylation sites is 2. The van der Waals surface area contributed by atoms with Crippen LogP contribution in [0.4, 0.5) is 0 Å². The van der Waals surface area contributed by atoms with Gasteiger partial charge in [0.15, 0.2) is 0 Å². The van der Waals surface area contributed by atoms with Crippen LogP contribution in [-0.2, 0) is 13.1 Å². The predicted molar refractivity (Wildman–Crippen MR) is 83.9 cm³/mol. The molecule has 22 heavy (non-hydrogen) atoms. The van der Waals surface area contributed by atoms with Gasteiger partial charge in [-0.2, -0.15) is 0 Å². The maximum Gasteiger partial charge on any atom is 0.128 e. The van der Waals surface area contributed by atoms with Crippen molar-refractivity contribution in [2.45, 2.75) is 13.1 Å². The van der Waals surface area contributed by atoms with Crippen LogP contribution < -0.4 is 10.1 Å². The van der Waals surface area contributed by atoms with Crippen molar-refractivity contribution in [3.63, 3.8) is 0 Å². The lowest BCUT2D eigenvalue weighted by Crippen LogP contribution is -2.11. The smallest absolute Gasteiger partial charge is 0.128 e. The average Bonchev–Trinajstić information content (AvgIpc) is 2.90. The highest BCUT2D eigenvalue weighted by atomic mass is 16.5. The number of benzene rings is 2. The van der Waals surface area contributed by atoms with Crippen LogP contribution in [0.5, 0.6) is 5.75 Å². The Labute approximate surface area is 128 Å². The second kappa shape index (κ2) is 5.27. The Balaban J connectivity index is 1.92. The van der Waals surface area contributed by atoms with E-state index in [1.54, 1.807) is 7.11 Å². The Morgan fingerprint density at radius 1 is 1.05 bits per heavy atom. The number of hydrogen-bond acceptors (Lipinski definition) is 4. The molecule has 0 saturated heterocycles. The van der Waals surface area contributed by atoms with Gasteiger partial charge in [-0.15, -0.1) is 5.10 Å². The first-order valence-electron chi connectivity index (χ1n) is 7.25. The summed E-state index contributed by atoms with van der Waals surface area (Å²) in [7, 11) is 1.68. The fourth-order valence-electron chi connectivity index (χ4n) is 2.89. The summed E-state index contributed by atoms with van der Waals surface area (Å²) in [5, 5.41) is 12.2. The van der Waals surface area contributed by atoms with Gasteiger partial charge in [0.05, 0.1) is 18.5 Å². The zero-order valence-corrected chi connectivity index (χ0v) is 12.3. The molecule has 5 nitrogen and oxygen atoms in total. The molecule has 0 saturated carbocycles. The topological polar surface area (TPSA) is 52.0 Å². The molecule has 1 aliphatic heterocycles. The van der Waals surface area contributed by atoms with Crippen molar-refractivity contribution in [3.8, 4) is 22.7 Å². The normalized spacial score (nSPS) is 13.1. The Hall–Kier alpha value is -2.66. The Kier molecular flexibility index (Phi) is 3.12. The number of aromatic nitrogens is 3. The summed E-state index contributed by atoms with van der Waals surface area (Å²) in [5.74, 6) is 0.809. The van der Waals surface area contributed by atoms with E-state index in [9.17, 15) is 0 Å². The zero-order chi connectivity index (χ0) is 14.9. The molecule has 4 rings (SSSR count). The lowest BCUT2D eigenvalue weighted by Gasteiger charge is -2.08. The molecule has 1 aromatic heterocycles. The van der Waals surface area contributed by atoms with Gasteiger partial charge in [-0.25, -0.2) is 4.68 Å². The molecule has 3 aromatic rings. The molecule has 5 heteroatoms. The monoisotopic (exact) mass is 292 g/mol. The highest BCUT2D eigenvalue weighted by Crippen LogP contribution is 2.32. The number of ether oxygens (including phenoxy) is 1. The quantitative estimate of drug-likeness (QED) is 0.788. The van der Waals surface area contributed by atoms with Gasteiger partial charge in [0, 0.05) is 18.7 Å². The lowest BCUT2D eigenvalue weighted by atomic mass is 10.1. The highest BCUT2D eigenvalue weighted by Gasteiger charge is 2.21. The maximum absolute atomic E-state index is 5.46. The summed E-state index contributed by atoms with van der Waals surface area (Å²) in [6.45, 7) is 1.54. The molecule has 0 bridgehead atoms. The number of methoxy groups -OCH3 is 1. The first-order valence-corrected chi connectivity index (χ1v) is 7.25. The molecule has 2 heterocycles. The molecule has 1 N–H and O–H groups in total. The predicted octanol–water partition coefficient (Wildman–Crippen LogP) is 2.55. The molecule has 2 aromatic carbocycles. The number of fused-ring (bicyclic) bond motifs is 3. The van der Waals surface area contributed by atoms with Crippen LogP contribution in [0.25, 0.3) is 16.9 Å². The van der Waals surface area contributed by atoms with E-state index < -0.39 is 0 Å². The van der Waals surface area contributed by atoms with E-state index >= 15 is 0 Å². The summed E-state index contributed by atoms with van der Waals surface area (Å²) < 4.78 is 7.39. The third-order valence-corrected chi connectivity index (χ3v) is 3.95. The van der Waals surface area contributed by atoms with Gasteiger partial charge in [-0.05, 0) is 23.8 Å². The van der Waals surface area contributed by atoms with Gasteiger partial charge in [-0.1, -0.05) is 35.5 Å². The third-order valence-electron chi connectivity index (χ3n) is 3.95. The molecule has 0 radical (unpaired) electrons. The molecule has 0 unspecified atom stereocenters. The van der Waals surface area contributed by atoms with Crippen molar-refractivity contribution in [2.75, 3.05) is 7.11 Å². The fraction of sp³-hybridized carbons (Fsp3) is 0.176. The molecule has 0 amide bonds. The van der Waals surface area contributed by atoms with Gasteiger partial charge >= 0.3 is 0 Å². The number of nitrogens with one attached hydrogen (secondary N) is 1. The second-order valence-electron chi connectivity index (χ2n) is 5.23. The van der Waals surface area contributed by atoms with Crippen molar-refractivity contribution >= 4 is 0 Å². The summed E-state index contributed by atoms with van der Waals surface area (Å²) in [6, 6.07) is 16.2. The molecular weight excluding hydrogens is 276 g/mol. The summed E-state index contributed by atoms with van der Waals surface area (Å²) in [5.41, 5.74) is 5.18. The largest absolute Gasteiger partial charge is 0.496 e. The van der Waals surface area contributed by atoms with Crippen LogP contribution in [0.1, 0.15) is 11.3 Å². The minimum Gasteiger partial charge on any atom is -0.496 e. The van der Waals surface area contributed by atoms with E-state index in [1.165, 1.54) is 5.56 Å². The second-order valence-corrected chi connectivity index (χ2v) is 5.23. The van der Waals surface area contributed by atoms with Crippen LogP contribution in [-0.4, -0.2) is 22.1 Å². The molecule has 0 aliphatic carbocycles. The summed E-state index contributed by atoms with van der Waals surface area (Å²) in [6.07, 6.45) is 0. The van der Waals surface area contributed by atoms with Crippen molar-refractivity contribution in [1.82, 2.24) is 20.3 Å². The van der Waals surface area contributed by atoms with Crippen LogP contribution >= 0.6 is 0 Å². The van der Waals surface area contributed by atoms with E-state index in [4.69, 9.17) is 4.74 Å². The summed E-state index contributed by atoms with van der Waals surface area (Å²) in [4.78, 5) is 0. The molecule has 0 atom stereocenters. The lowest BCUT2D eigenvalue weighted by molar-refractivity contribution is 0.416. The number of rotatable bonds is 2. The van der Waals surface area contributed by atoms with Crippen LogP contribution in [0, 0.1) is 0 Å². The number of nitrogens with zero attached hydrogens (tertiary/aromatic N) is 3. The van der Waals surface area contributed by atoms with E-state index in [0.29, 0.717) is 0 Å². The van der Waals surface area contributed by atoms with Gasteiger partial charge < -0.3 is 10.1 Å². The van der Waals surface area contributed by atoms with Gasteiger partial charge in [0.1, 0.15) is 11.4 Å². The van der Waals surface area contributed by atoms with Crippen molar-refractivity contribution < 1.29 is 4.74 Å². The Morgan fingerprint density at radius 3 is 2.77 bits per heavy atom. The SMILES string of the molecule is COc1ccccc1-c1nnn2c1CNCc1ccccc1-2. The van der Waals surface area contributed by atoms with Crippen molar-refractivity contribution in [3.05, 3.63) is 59.8 Å². The van der Waals surface area contributed by atoms with Crippen LogP contribution in [0.3, 0.4) is 0 Å². The molecular formula is C17H16N4O. The molecule has 0 fully saturated rings. The third kappa shape index (κ3) is 1.98. The van der Waals surface area contributed by atoms with Crippen LogP contribution in [0.15, 0.2) is 48.5 Å². The first-order chi connectivity index (χ1) is 10.9. The van der Waals surface area contributed by atoms with E-state index in [-0.39, 0.29) is 0 Å². The zero-order valence-electron chi connectivity index (χ0n) is 12.3. The van der Waals surface area contributed by atoms with E-state index in [0.717, 1.165) is 41.5 Å². The molecule has 110 valence electrons. The minimum atomic E-state index is 0.717. The standard InChI is InChI=1S/C17H16N4O/c1-22-16-9-5-3-7-13(16)17-15-11-18-10-12-6-2-4-8-14(12)21(15)20-19-17/h2-9,18H,10-11H2,1H3. The molecule has 1 aliphatic rings. The first kappa shape index (κ1) is 13.0. The molecule has 0 spiro atoms. The van der Waals surface area contributed by atoms with Crippen molar-refractivity contribution in [2.24, 2.45) is 0 Å². The van der Waals surface area contributed by atoms with Gasteiger partial charge in [0.2, 0.25) is 0 Å². The van der Waals surface area contributed by atoms with E-state index in [1.807, 2.05) is 41.1 Å². The van der Waals surface area contributed by atoms with Crippen LogP contribution in [0.2, 0.25) is 0 Å².